The van der Waals surface area contributed by atoms with Gasteiger partial charge in [-0.25, -0.2) is 0 Å². The number of hydrogen-bond donors (Lipinski definition) is 2. The second kappa shape index (κ2) is 6.07. The molecule has 1 amide bonds. The lowest BCUT2D eigenvalue weighted by Gasteiger charge is -2.26. The monoisotopic (exact) mass is 315 g/mol. The Labute approximate surface area is 135 Å². The molecule has 0 radical (unpaired) electrons. The van der Waals surface area contributed by atoms with Gasteiger partial charge in [-0.3, -0.25) is 9.59 Å². The van der Waals surface area contributed by atoms with Crippen LogP contribution < -0.4 is 10.1 Å². The molecule has 1 aromatic carbocycles. The summed E-state index contributed by atoms with van der Waals surface area (Å²) < 4.78 is 5.20. The Morgan fingerprint density at radius 2 is 1.96 bits per heavy atom. The van der Waals surface area contributed by atoms with Crippen molar-refractivity contribution in [2.75, 3.05) is 7.11 Å². The molecule has 122 valence electrons. The van der Waals surface area contributed by atoms with Crippen LogP contribution in [0.5, 0.6) is 5.75 Å². The quantitative estimate of drug-likeness (QED) is 0.818. The molecule has 3 rings (SSSR count). The molecular formula is C18H21NO4. The fourth-order valence-electron chi connectivity index (χ4n) is 3.82. The standard InChI is InChI=1S/C18H21NO4/c1-10(11-4-3-5-14(9-11)23-2)19-17(20)15-12-6-7-13(8-12)16(15)18(21)22/h3-7,9-10,12-13,15-16H,8H2,1-2H3,(H,19,20)(H,21,22)/t10-,12-,13-,15+,16+/m0/s1. The summed E-state index contributed by atoms with van der Waals surface area (Å²) >= 11 is 0. The number of benzene rings is 1. The molecule has 2 aliphatic carbocycles. The third-order valence-electron chi connectivity index (χ3n) is 5.00. The first-order chi connectivity index (χ1) is 11.0. The number of carboxylic acid groups (broad SMARTS) is 1. The Hall–Kier alpha value is -2.30. The van der Waals surface area contributed by atoms with Gasteiger partial charge in [-0.05, 0) is 42.9 Å². The van der Waals surface area contributed by atoms with Crippen molar-refractivity contribution >= 4 is 11.9 Å². The highest BCUT2D eigenvalue weighted by atomic mass is 16.5. The zero-order chi connectivity index (χ0) is 16.6. The molecule has 0 unspecified atom stereocenters. The number of carbonyl (C=O) groups excluding carboxylic acids is 1. The van der Waals surface area contributed by atoms with Crippen LogP contribution in [0.1, 0.15) is 24.9 Å². The fourth-order valence-corrected chi connectivity index (χ4v) is 3.82. The first kappa shape index (κ1) is 15.6. The number of aliphatic carboxylic acids is 1. The summed E-state index contributed by atoms with van der Waals surface area (Å²) in [5.41, 5.74) is 0.934. The van der Waals surface area contributed by atoms with Crippen LogP contribution in [0.3, 0.4) is 0 Å². The van der Waals surface area contributed by atoms with Crippen LogP contribution in [-0.4, -0.2) is 24.1 Å². The van der Waals surface area contributed by atoms with Gasteiger partial charge in [0.2, 0.25) is 5.91 Å². The summed E-state index contributed by atoms with van der Waals surface area (Å²) in [6.07, 6.45) is 4.70. The summed E-state index contributed by atoms with van der Waals surface area (Å²) in [5, 5.41) is 12.4. The number of carboxylic acids is 1. The Kier molecular flexibility index (Phi) is 4.11. The average molecular weight is 315 g/mol. The third kappa shape index (κ3) is 2.83. The largest absolute Gasteiger partial charge is 0.497 e. The minimum Gasteiger partial charge on any atom is -0.497 e. The Morgan fingerprint density at radius 1 is 1.26 bits per heavy atom. The van der Waals surface area contributed by atoms with Gasteiger partial charge in [0.1, 0.15) is 5.75 Å². The van der Waals surface area contributed by atoms with E-state index < -0.39 is 17.8 Å². The highest BCUT2D eigenvalue weighted by molar-refractivity contribution is 5.87. The van der Waals surface area contributed by atoms with Crippen molar-refractivity contribution < 1.29 is 19.4 Å². The molecule has 5 atom stereocenters. The average Bonchev–Trinajstić information content (AvgIpc) is 3.15. The number of allylic oxidation sites excluding steroid dienone is 2. The smallest absolute Gasteiger partial charge is 0.307 e. The van der Waals surface area contributed by atoms with E-state index in [0.29, 0.717) is 0 Å². The molecule has 2 N–H and O–H groups in total. The van der Waals surface area contributed by atoms with Gasteiger partial charge >= 0.3 is 5.97 Å². The SMILES string of the molecule is COc1cccc([C@H](C)NC(=O)[C@H]2[C@H](C(=O)O)[C@H]3C=C[C@H]2C3)c1. The van der Waals surface area contributed by atoms with Crippen molar-refractivity contribution in [2.45, 2.75) is 19.4 Å². The molecule has 0 aromatic heterocycles. The number of fused-ring (bicyclic) bond motifs is 2. The minimum absolute atomic E-state index is 0.0135. The van der Waals surface area contributed by atoms with Crippen LogP contribution in [-0.2, 0) is 9.59 Å². The first-order valence-corrected chi connectivity index (χ1v) is 7.86. The molecule has 0 spiro atoms. The number of amides is 1. The van der Waals surface area contributed by atoms with Gasteiger partial charge in [-0.1, -0.05) is 24.3 Å². The second-order valence-electron chi connectivity index (χ2n) is 6.35. The molecule has 5 nitrogen and oxygen atoms in total. The van der Waals surface area contributed by atoms with Gasteiger partial charge < -0.3 is 15.2 Å². The Bertz CT molecular complexity index is 654. The molecular weight excluding hydrogens is 294 g/mol. The van der Waals surface area contributed by atoms with E-state index in [4.69, 9.17) is 4.74 Å². The van der Waals surface area contributed by atoms with Crippen molar-refractivity contribution in [3.63, 3.8) is 0 Å². The molecule has 1 fully saturated rings. The molecule has 5 heteroatoms. The van der Waals surface area contributed by atoms with Crippen LogP contribution in [0.15, 0.2) is 36.4 Å². The zero-order valence-electron chi connectivity index (χ0n) is 13.2. The molecule has 23 heavy (non-hydrogen) atoms. The van der Waals surface area contributed by atoms with Crippen molar-refractivity contribution in [1.82, 2.24) is 5.32 Å². The molecule has 1 saturated carbocycles. The number of rotatable bonds is 5. The highest BCUT2D eigenvalue weighted by Crippen LogP contribution is 2.48. The number of methoxy groups -OCH3 is 1. The van der Waals surface area contributed by atoms with Crippen LogP contribution in [0, 0.1) is 23.7 Å². The highest BCUT2D eigenvalue weighted by Gasteiger charge is 2.51. The van der Waals surface area contributed by atoms with E-state index >= 15 is 0 Å². The lowest BCUT2D eigenvalue weighted by molar-refractivity contribution is -0.148. The van der Waals surface area contributed by atoms with Crippen LogP contribution in [0.2, 0.25) is 0 Å². The van der Waals surface area contributed by atoms with E-state index in [0.717, 1.165) is 17.7 Å². The van der Waals surface area contributed by atoms with Crippen molar-refractivity contribution in [3.05, 3.63) is 42.0 Å². The maximum Gasteiger partial charge on any atom is 0.307 e. The van der Waals surface area contributed by atoms with Gasteiger partial charge in [0.25, 0.3) is 0 Å². The molecule has 2 bridgehead atoms. The second-order valence-corrected chi connectivity index (χ2v) is 6.35. The first-order valence-electron chi connectivity index (χ1n) is 7.86. The van der Waals surface area contributed by atoms with Crippen LogP contribution in [0.25, 0.3) is 0 Å². The topological polar surface area (TPSA) is 75.6 Å². The molecule has 2 aliphatic rings. The number of ether oxygens (including phenoxy) is 1. The molecule has 0 heterocycles. The normalized spacial score (nSPS) is 29.3. The number of carbonyl (C=O) groups is 2. The summed E-state index contributed by atoms with van der Waals surface area (Å²) in [6.45, 7) is 1.89. The Balaban J connectivity index is 1.73. The van der Waals surface area contributed by atoms with Gasteiger partial charge in [0.05, 0.1) is 25.0 Å². The Morgan fingerprint density at radius 3 is 2.61 bits per heavy atom. The lowest BCUT2D eigenvalue weighted by Crippen LogP contribution is -2.41. The maximum atomic E-state index is 12.6. The zero-order valence-corrected chi connectivity index (χ0v) is 13.2. The fraction of sp³-hybridized carbons (Fsp3) is 0.444. The predicted octanol–water partition coefficient (Wildman–Crippen LogP) is 2.40. The summed E-state index contributed by atoms with van der Waals surface area (Å²) in [7, 11) is 1.60. The van der Waals surface area contributed by atoms with E-state index in [-0.39, 0.29) is 23.8 Å². The van der Waals surface area contributed by atoms with E-state index in [9.17, 15) is 14.7 Å². The van der Waals surface area contributed by atoms with Crippen molar-refractivity contribution in [1.29, 1.82) is 0 Å². The van der Waals surface area contributed by atoms with Gasteiger partial charge in [0.15, 0.2) is 0 Å². The predicted molar refractivity (Wildman–Crippen MR) is 84.9 cm³/mol. The molecule has 0 aliphatic heterocycles. The number of hydrogen-bond acceptors (Lipinski definition) is 3. The van der Waals surface area contributed by atoms with E-state index in [2.05, 4.69) is 5.32 Å². The maximum absolute atomic E-state index is 12.6. The third-order valence-corrected chi connectivity index (χ3v) is 5.00. The minimum atomic E-state index is -0.879. The van der Waals surface area contributed by atoms with Gasteiger partial charge in [-0.15, -0.1) is 0 Å². The molecule has 1 aromatic rings. The van der Waals surface area contributed by atoms with Crippen LogP contribution in [0.4, 0.5) is 0 Å². The number of nitrogens with one attached hydrogen (secondary N) is 1. The van der Waals surface area contributed by atoms with E-state index in [1.54, 1.807) is 7.11 Å². The van der Waals surface area contributed by atoms with Gasteiger partial charge in [0, 0.05) is 0 Å². The van der Waals surface area contributed by atoms with E-state index in [1.165, 1.54) is 0 Å². The summed E-state index contributed by atoms with van der Waals surface area (Å²) in [6, 6.07) is 7.31. The summed E-state index contributed by atoms with van der Waals surface area (Å²) in [5.74, 6) is -1.38. The van der Waals surface area contributed by atoms with Crippen LogP contribution >= 0.6 is 0 Å². The molecule has 0 saturated heterocycles. The van der Waals surface area contributed by atoms with Gasteiger partial charge in [-0.2, -0.15) is 0 Å². The van der Waals surface area contributed by atoms with E-state index in [1.807, 2.05) is 43.3 Å². The van der Waals surface area contributed by atoms with Crippen molar-refractivity contribution in [3.8, 4) is 5.75 Å². The lowest BCUT2D eigenvalue weighted by atomic mass is 9.82. The summed E-state index contributed by atoms with van der Waals surface area (Å²) in [4.78, 5) is 24.2. The van der Waals surface area contributed by atoms with Crippen molar-refractivity contribution in [2.24, 2.45) is 23.7 Å².